The highest BCUT2D eigenvalue weighted by atomic mass is 19.4. The summed E-state index contributed by atoms with van der Waals surface area (Å²) in [5.74, 6) is -1.45. The Morgan fingerprint density at radius 1 is 1.05 bits per heavy atom. The summed E-state index contributed by atoms with van der Waals surface area (Å²) in [7, 11) is 0. The summed E-state index contributed by atoms with van der Waals surface area (Å²) in [5.41, 5.74) is -0.710. The lowest BCUT2D eigenvalue weighted by molar-refractivity contribution is -0.141. The predicted molar refractivity (Wildman–Crippen MR) is 63.5 cm³/mol. The van der Waals surface area contributed by atoms with E-state index in [1.165, 1.54) is 24.3 Å². The summed E-state index contributed by atoms with van der Waals surface area (Å²) < 4.78 is 50.6. The van der Waals surface area contributed by atoms with Crippen LogP contribution < -0.4 is 0 Å². The zero-order valence-corrected chi connectivity index (χ0v) is 10.1. The van der Waals surface area contributed by atoms with Crippen LogP contribution in [0.25, 0.3) is 0 Å². The van der Waals surface area contributed by atoms with E-state index in [0.717, 1.165) is 18.2 Å². The fourth-order valence-electron chi connectivity index (χ4n) is 1.77. The molecule has 0 bridgehead atoms. The van der Waals surface area contributed by atoms with Crippen molar-refractivity contribution in [1.82, 2.24) is 4.98 Å². The molecule has 104 valence electrons. The largest absolute Gasteiger partial charge is 0.433 e. The van der Waals surface area contributed by atoms with E-state index in [1.54, 1.807) is 0 Å². The first-order valence-electron chi connectivity index (χ1n) is 5.66. The topological polar surface area (TPSA) is 30.0 Å². The van der Waals surface area contributed by atoms with Crippen LogP contribution in [0.2, 0.25) is 0 Å². The first-order valence-corrected chi connectivity index (χ1v) is 5.66. The molecule has 0 fully saturated rings. The highest BCUT2D eigenvalue weighted by molar-refractivity contribution is 5.67. The van der Waals surface area contributed by atoms with E-state index in [0.29, 0.717) is 11.8 Å². The number of carbonyl (C=O) groups excluding carboxylic acids is 1. The van der Waals surface area contributed by atoms with Crippen molar-refractivity contribution in [3.05, 3.63) is 65.2 Å². The molecule has 6 heteroatoms. The molecule has 0 saturated heterocycles. The number of benzene rings is 1. The van der Waals surface area contributed by atoms with Gasteiger partial charge in [-0.3, -0.25) is 0 Å². The molecule has 1 aromatic carbocycles. The molecular weight excluding hydrogens is 274 g/mol. The van der Waals surface area contributed by atoms with E-state index in [9.17, 15) is 22.4 Å². The number of pyridine rings is 1. The fourth-order valence-corrected chi connectivity index (χ4v) is 1.77. The number of rotatable bonds is 3. The number of hydrogen-bond acceptors (Lipinski definition) is 2. The zero-order chi connectivity index (χ0) is 14.8. The van der Waals surface area contributed by atoms with Gasteiger partial charge in [0, 0.05) is 0 Å². The molecule has 1 unspecified atom stereocenters. The standard InChI is InChI=1S/C14H9F4NO/c15-10-6-4-9(5-7-10)11(8-20)12-2-1-3-13(19-12)14(16,17)18/h1-8,11H. The van der Waals surface area contributed by atoms with Gasteiger partial charge < -0.3 is 4.79 Å². The molecule has 2 aromatic rings. The van der Waals surface area contributed by atoms with Crippen LogP contribution in [0.1, 0.15) is 22.9 Å². The minimum atomic E-state index is -4.58. The summed E-state index contributed by atoms with van der Waals surface area (Å²) in [5, 5.41) is 0. The van der Waals surface area contributed by atoms with Gasteiger partial charge >= 0.3 is 6.18 Å². The molecule has 0 aliphatic carbocycles. The number of alkyl halides is 3. The van der Waals surface area contributed by atoms with Gasteiger partial charge in [0.1, 0.15) is 17.8 Å². The molecule has 1 heterocycles. The highest BCUT2D eigenvalue weighted by Crippen LogP contribution is 2.29. The smallest absolute Gasteiger partial charge is 0.302 e. The Morgan fingerprint density at radius 3 is 2.25 bits per heavy atom. The molecule has 0 saturated carbocycles. The van der Waals surface area contributed by atoms with E-state index < -0.39 is 23.6 Å². The molecule has 1 atom stereocenters. The summed E-state index contributed by atoms with van der Waals surface area (Å²) in [6, 6.07) is 8.31. The molecule has 0 aliphatic heterocycles. The maximum Gasteiger partial charge on any atom is 0.433 e. The van der Waals surface area contributed by atoms with Gasteiger partial charge in [-0.1, -0.05) is 18.2 Å². The van der Waals surface area contributed by atoms with Crippen LogP contribution in [0.3, 0.4) is 0 Å². The van der Waals surface area contributed by atoms with Crippen molar-refractivity contribution in [2.45, 2.75) is 12.1 Å². The molecule has 0 spiro atoms. The van der Waals surface area contributed by atoms with E-state index in [1.807, 2.05) is 0 Å². The van der Waals surface area contributed by atoms with Crippen LogP contribution in [-0.2, 0) is 11.0 Å². The number of aromatic nitrogens is 1. The second-order valence-corrected chi connectivity index (χ2v) is 4.11. The first kappa shape index (κ1) is 14.2. The lowest BCUT2D eigenvalue weighted by Gasteiger charge is -2.12. The number of hydrogen-bond donors (Lipinski definition) is 0. The van der Waals surface area contributed by atoms with Gasteiger partial charge in [0.15, 0.2) is 0 Å². The van der Waals surface area contributed by atoms with Crippen molar-refractivity contribution in [3.63, 3.8) is 0 Å². The first-order chi connectivity index (χ1) is 9.41. The normalized spacial score (nSPS) is 13.0. The van der Waals surface area contributed by atoms with Crippen molar-refractivity contribution in [2.75, 3.05) is 0 Å². The lowest BCUT2D eigenvalue weighted by atomic mass is 9.96. The van der Waals surface area contributed by atoms with Gasteiger partial charge in [-0.2, -0.15) is 13.2 Å². The maximum absolute atomic E-state index is 12.8. The predicted octanol–water partition coefficient (Wildman–Crippen LogP) is 3.57. The fraction of sp³-hybridized carbons (Fsp3) is 0.143. The minimum Gasteiger partial charge on any atom is -0.302 e. The highest BCUT2D eigenvalue weighted by Gasteiger charge is 2.33. The third-order valence-corrected chi connectivity index (χ3v) is 2.74. The van der Waals surface area contributed by atoms with Crippen molar-refractivity contribution < 1.29 is 22.4 Å². The third-order valence-electron chi connectivity index (χ3n) is 2.74. The molecule has 2 rings (SSSR count). The molecule has 2 nitrogen and oxygen atoms in total. The Kier molecular flexibility index (Phi) is 3.83. The van der Waals surface area contributed by atoms with Crippen LogP contribution in [-0.4, -0.2) is 11.3 Å². The van der Waals surface area contributed by atoms with Gasteiger partial charge in [0.25, 0.3) is 0 Å². The van der Waals surface area contributed by atoms with Crippen molar-refractivity contribution in [1.29, 1.82) is 0 Å². The van der Waals surface area contributed by atoms with Crippen molar-refractivity contribution in [2.24, 2.45) is 0 Å². The maximum atomic E-state index is 12.8. The van der Waals surface area contributed by atoms with Crippen LogP contribution in [0.5, 0.6) is 0 Å². The number of carbonyl (C=O) groups is 1. The Balaban J connectivity index is 2.42. The molecular formula is C14H9F4NO. The van der Waals surface area contributed by atoms with Gasteiger partial charge in [0.05, 0.1) is 11.6 Å². The quantitative estimate of drug-likeness (QED) is 0.636. The molecule has 0 radical (unpaired) electrons. The minimum absolute atomic E-state index is 0.0265. The van der Waals surface area contributed by atoms with Crippen LogP contribution in [0.15, 0.2) is 42.5 Å². The Morgan fingerprint density at radius 2 is 1.70 bits per heavy atom. The van der Waals surface area contributed by atoms with Gasteiger partial charge in [-0.25, -0.2) is 9.37 Å². The van der Waals surface area contributed by atoms with Gasteiger partial charge in [-0.15, -0.1) is 0 Å². The van der Waals surface area contributed by atoms with E-state index >= 15 is 0 Å². The van der Waals surface area contributed by atoms with E-state index in [2.05, 4.69) is 4.98 Å². The summed E-state index contributed by atoms with van der Waals surface area (Å²) in [4.78, 5) is 14.6. The van der Waals surface area contributed by atoms with Crippen molar-refractivity contribution in [3.8, 4) is 0 Å². The molecule has 0 aliphatic rings. The molecule has 20 heavy (non-hydrogen) atoms. The second-order valence-electron chi connectivity index (χ2n) is 4.11. The third kappa shape index (κ3) is 3.01. The number of aldehydes is 1. The average Bonchev–Trinajstić information content (AvgIpc) is 2.41. The summed E-state index contributed by atoms with van der Waals surface area (Å²) in [6.45, 7) is 0. The molecule has 0 amide bonds. The number of nitrogens with zero attached hydrogens (tertiary/aromatic N) is 1. The monoisotopic (exact) mass is 283 g/mol. The van der Waals surface area contributed by atoms with Crippen LogP contribution in [0, 0.1) is 5.82 Å². The van der Waals surface area contributed by atoms with E-state index in [4.69, 9.17) is 0 Å². The average molecular weight is 283 g/mol. The lowest BCUT2D eigenvalue weighted by Crippen LogP contribution is -2.12. The summed E-state index contributed by atoms with van der Waals surface area (Å²) >= 11 is 0. The van der Waals surface area contributed by atoms with Crippen LogP contribution >= 0.6 is 0 Å². The summed E-state index contributed by atoms with van der Waals surface area (Å²) in [6.07, 6.45) is -4.10. The SMILES string of the molecule is O=CC(c1ccc(F)cc1)c1cccc(C(F)(F)F)n1. The second kappa shape index (κ2) is 5.40. The van der Waals surface area contributed by atoms with Crippen molar-refractivity contribution >= 4 is 6.29 Å². The Labute approximate surface area is 112 Å². The molecule has 0 N–H and O–H groups in total. The Bertz CT molecular complexity index is 607. The van der Waals surface area contributed by atoms with Gasteiger partial charge in [0.2, 0.25) is 0 Å². The zero-order valence-electron chi connectivity index (χ0n) is 10.1. The Hall–Kier alpha value is -2.24. The van der Waals surface area contributed by atoms with E-state index in [-0.39, 0.29) is 5.69 Å². The van der Waals surface area contributed by atoms with Gasteiger partial charge in [-0.05, 0) is 29.8 Å². The van der Waals surface area contributed by atoms with Crippen LogP contribution in [0.4, 0.5) is 17.6 Å². The number of halogens is 4. The molecule has 1 aromatic heterocycles.